The molecule has 0 atom stereocenters. The van der Waals surface area contributed by atoms with Crippen LogP contribution in [0.3, 0.4) is 0 Å². The first-order chi connectivity index (χ1) is 12.6. The van der Waals surface area contributed by atoms with E-state index in [1.165, 1.54) is 5.56 Å². The largest absolute Gasteiger partial charge is 0.356 e. The van der Waals surface area contributed by atoms with Gasteiger partial charge in [0.2, 0.25) is 0 Å². The lowest BCUT2D eigenvalue weighted by molar-refractivity contribution is 0.0955. The molecule has 0 bridgehead atoms. The highest BCUT2D eigenvalue weighted by molar-refractivity contribution is 14.0. The van der Waals surface area contributed by atoms with Crippen molar-refractivity contribution >= 4 is 47.4 Å². The second kappa shape index (κ2) is 12.6. The van der Waals surface area contributed by atoms with Gasteiger partial charge in [-0.2, -0.15) is 0 Å². The quantitative estimate of drug-likeness (QED) is 0.309. The van der Waals surface area contributed by atoms with Crippen molar-refractivity contribution < 1.29 is 4.79 Å². The molecule has 0 aliphatic rings. The molecule has 0 saturated carbocycles. The van der Waals surface area contributed by atoms with Crippen LogP contribution in [0.4, 0.5) is 0 Å². The predicted octanol–water partition coefficient (Wildman–Crippen LogP) is 3.62. The smallest absolute Gasteiger partial charge is 0.251 e. The summed E-state index contributed by atoms with van der Waals surface area (Å²) in [5, 5.41) is 10.1. The van der Waals surface area contributed by atoms with Gasteiger partial charge in [-0.1, -0.05) is 35.9 Å². The zero-order valence-electron chi connectivity index (χ0n) is 15.6. The van der Waals surface area contributed by atoms with E-state index in [4.69, 9.17) is 11.6 Å². The van der Waals surface area contributed by atoms with Crippen LogP contribution in [0.2, 0.25) is 5.02 Å². The molecule has 0 aliphatic carbocycles. The maximum Gasteiger partial charge on any atom is 0.251 e. The van der Waals surface area contributed by atoms with E-state index < -0.39 is 0 Å². The number of guanidine groups is 1. The number of hydrogen-bond donors (Lipinski definition) is 3. The van der Waals surface area contributed by atoms with Crippen molar-refractivity contribution in [2.24, 2.45) is 4.99 Å². The Bertz CT molecular complexity index is 750. The number of nitrogens with zero attached hydrogens (tertiary/aromatic N) is 1. The van der Waals surface area contributed by atoms with Crippen molar-refractivity contribution in [1.82, 2.24) is 16.0 Å². The minimum absolute atomic E-state index is 0. The first-order valence-electron chi connectivity index (χ1n) is 8.68. The Balaban J connectivity index is 0.00000364. The molecular weight excluding hydrogens is 475 g/mol. The Morgan fingerprint density at radius 3 is 2.44 bits per heavy atom. The molecule has 0 fully saturated rings. The zero-order valence-corrected chi connectivity index (χ0v) is 18.7. The number of nitrogens with one attached hydrogen (secondary N) is 3. The van der Waals surface area contributed by atoms with Crippen LogP contribution in [0.1, 0.15) is 28.4 Å². The van der Waals surface area contributed by atoms with Crippen LogP contribution in [0.15, 0.2) is 53.5 Å². The Morgan fingerprint density at radius 1 is 1.04 bits per heavy atom. The number of carbonyl (C=O) groups excluding carboxylic acids is 1. The zero-order chi connectivity index (χ0) is 18.8. The standard InChI is InChI=1S/C20H25ClN4O.HI/c1-3-23-19(26)17-6-4-5-16(13-17)14-25-20(22-2)24-12-11-15-7-9-18(21)10-8-15;/h4-10,13H,3,11-12,14H2,1-2H3,(H,23,26)(H2,22,24,25);1H. The lowest BCUT2D eigenvalue weighted by Gasteiger charge is -2.12. The highest BCUT2D eigenvalue weighted by atomic mass is 127. The lowest BCUT2D eigenvalue weighted by Crippen LogP contribution is -2.37. The third-order valence-electron chi connectivity index (χ3n) is 3.83. The number of rotatable bonds is 7. The van der Waals surface area contributed by atoms with Crippen LogP contribution in [-0.4, -0.2) is 32.0 Å². The molecule has 7 heteroatoms. The number of amides is 1. The third-order valence-corrected chi connectivity index (χ3v) is 4.08. The minimum atomic E-state index is -0.0557. The predicted molar refractivity (Wildman–Crippen MR) is 123 cm³/mol. The normalized spacial score (nSPS) is 10.7. The molecule has 0 unspecified atom stereocenters. The number of carbonyl (C=O) groups is 1. The summed E-state index contributed by atoms with van der Waals surface area (Å²) in [6, 6.07) is 15.4. The molecule has 0 aromatic heterocycles. The van der Waals surface area contributed by atoms with E-state index in [0.29, 0.717) is 18.7 Å². The maximum atomic E-state index is 11.9. The van der Waals surface area contributed by atoms with E-state index in [9.17, 15) is 4.79 Å². The van der Waals surface area contributed by atoms with Gasteiger partial charge in [0.1, 0.15) is 0 Å². The highest BCUT2D eigenvalue weighted by Crippen LogP contribution is 2.09. The van der Waals surface area contributed by atoms with Gasteiger partial charge in [0, 0.05) is 37.3 Å². The maximum absolute atomic E-state index is 11.9. The van der Waals surface area contributed by atoms with E-state index in [1.54, 1.807) is 7.05 Å². The first kappa shape index (κ1) is 23.2. The highest BCUT2D eigenvalue weighted by Gasteiger charge is 2.05. The van der Waals surface area contributed by atoms with E-state index in [2.05, 4.69) is 20.9 Å². The second-order valence-electron chi connectivity index (χ2n) is 5.79. The fourth-order valence-corrected chi connectivity index (χ4v) is 2.59. The molecule has 2 aromatic rings. The van der Waals surface area contributed by atoms with Gasteiger partial charge in [0.15, 0.2) is 5.96 Å². The molecule has 1 amide bonds. The van der Waals surface area contributed by atoms with Gasteiger partial charge in [-0.05, 0) is 48.7 Å². The van der Waals surface area contributed by atoms with Crippen LogP contribution in [0.5, 0.6) is 0 Å². The average Bonchev–Trinajstić information content (AvgIpc) is 2.66. The molecule has 5 nitrogen and oxygen atoms in total. The molecule has 0 heterocycles. The van der Waals surface area contributed by atoms with Gasteiger partial charge in [-0.25, -0.2) is 0 Å². The van der Waals surface area contributed by atoms with Gasteiger partial charge in [-0.3, -0.25) is 9.79 Å². The molecule has 3 N–H and O–H groups in total. The topological polar surface area (TPSA) is 65.5 Å². The fourth-order valence-electron chi connectivity index (χ4n) is 2.47. The van der Waals surface area contributed by atoms with Crippen molar-refractivity contribution in [3.63, 3.8) is 0 Å². The Kier molecular flexibility index (Phi) is 10.8. The second-order valence-corrected chi connectivity index (χ2v) is 6.23. The molecule has 146 valence electrons. The molecule has 0 spiro atoms. The van der Waals surface area contributed by atoms with Gasteiger partial charge in [-0.15, -0.1) is 24.0 Å². The van der Waals surface area contributed by atoms with Crippen LogP contribution >= 0.6 is 35.6 Å². The van der Waals surface area contributed by atoms with Crippen LogP contribution < -0.4 is 16.0 Å². The average molecular weight is 501 g/mol. The Labute approximate surface area is 183 Å². The molecule has 0 saturated heterocycles. The SMILES string of the molecule is CCNC(=O)c1cccc(CNC(=NC)NCCc2ccc(Cl)cc2)c1.I. The lowest BCUT2D eigenvalue weighted by atomic mass is 10.1. The van der Waals surface area contributed by atoms with Crippen molar-refractivity contribution in [3.8, 4) is 0 Å². The molecular formula is C20H26ClIN4O. The molecule has 27 heavy (non-hydrogen) atoms. The van der Waals surface area contributed by atoms with Gasteiger partial charge < -0.3 is 16.0 Å². The summed E-state index contributed by atoms with van der Waals surface area (Å²) in [7, 11) is 1.74. The van der Waals surface area contributed by atoms with E-state index in [0.717, 1.165) is 29.5 Å². The van der Waals surface area contributed by atoms with E-state index in [-0.39, 0.29) is 29.9 Å². The Morgan fingerprint density at radius 2 is 1.78 bits per heavy atom. The van der Waals surface area contributed by atoms with Crippen molar-refractivity contribution in [2.75, 3.05) is 20.1 Å². The Hall–Kier alpha value is -1.80. The molecule has 0 aliphatic heterocycles. The van der Waals surface area contributed by atoms with Crippen molar-refractivity contribution in [2.45, 2.75) is 19.9 Å². The van der Waals surface area contributed by atoms with E-state index >= 15 is 0 Å². The minimum Gasteiger partial charge on any atom is -0.356 e. The van der Waals surface area contributed by atoms with Crippen LogP contribution in [0.25, 0.3) is 0 Å². The van der Waals surface area contributed by atoms with E-state index in [1.807, 2.05) is 55.5 Å². The van der Waals surface area contributed by atoms with Gasteiger partial charge >= 0.3 is 0 Å². The molecule has 2 rings (SSSR count). The summed E-state index contributed by atoms with van der Waals surface area (Å²) < 4.78 is 0. The summed E-state index contributed by atoms with van der Waals surface area (Å²) in [4.78, 5) is 16.1. The summed E-state index contributed by atoms with van der Waals surface area (Å²) in [6.07, 6.45) is 0.880. The fraction of sp³-hybridized carbons (Fsp3) is 0.300. The number of benzene rings is 2. The molecule has 0 radical (unpaired) electrons. The first-order valence-corrected chi connectivity index (χ1v) is 9.06. The third kappa shape index (κ3) is 8.17. The summed E-state index contributed by atoms with van der Waals surface area (Å²) in [5.41, 5.74) is 2.90. The van der Waals surface area contributed by atoms with Gasteiger partial charge in [0.05, 0.1) is 0 Å². The van der Waals surface area contributed by atoms with Gasteiger partial charge in [0.25, 0.3) is 5.91 Å². The van der Waals surface area contributed by atoms with Crippen molar-refractivity contribution in [3.05, 3.63) is 70.2 Å². The monoisotopic (exact) mass is 500 g/mol. The number of aliphatic imine (C=N–C) groups is 1. The molecule has 2 aromatic carbocycles. The van der Waals surface area contributed by atoms with Crippen molar-refractivity contribution in [1.29, 1.82) is 0 Å². The van der Waals surface area contributed by atoms with Crippen LogP contribution in [-0.2, 0) is 13.0 Å². The summed E-state index contributed by atoms with van der Waals surface area (Å²) in [5.74, 6) is 0.669. The number of halogens is 2. The summed E-state index contributed by atoms with van der Waals surface area (Å²) in [6.45, 7) is 3.88. The summed E-state index contributed by atoms with van der Waals surface area (Å²) >= 11 is 5.90. The number of hydrogen-bond acceptors (Lipinski definition) is 2. The van der Waals surface area contributed by atoms with Crippen LogP contribution in [0, 0.1) is 0 Å².